The number of aliphatic hydroxyl groups is 1. The summed E-state index contributed by atoms with van der Waals surface area (Å²) in [6, 6.07) is 3.23. The first-order valence-corrected chi connectivity index (χ1v) is 6.61. The first kappa shape index (κ1) is 15.3. The SMILES string of the molecule is CN(CCO)S(=O)(=O)c1ccc([N+](=O)[O-])c(NN)c1. The zero-order valence-electron chi connectivity index (χ0n) is 10.1. The van der Waals surface area contributed by atoms with Gasteiger partial charge in [-0.25, -0.2) is 8.42 Å². The van der Waals surface area contributed by atoms with Crippen molar-refractivity contribution >= 4 is 21.4 Å². The van der Waals surface area contributed by atoms with Crippen molar-refractivity contribution in [1.29, 1.82) is 0 Å². The Kier molecular flexibility index (Phi) is 4.78. The maximum atomic E-state index is 12.0. The van der Waals surface area contributed by atoms with Crippen LogP contribution in [-0.4, -0.2) is 43.0 Å². The summed E-state index contributed by atoms with van der Waals surface area (Å²) in [5.74, 6) is 5.13. The van der Waals surface area contributed by atoms with Crippen LogP contribution in [0.15, 0.2) is 23.1 Å². The molecule has 4 N–H and O–H groups in total. The number of nitrogen functional groups attached to an aromatic ring is 1. The van der Waals surface area contributed by atoms with Gasteiger partial charge in [0, 0.05) is 19.7 Å². The Morgan fingerprint density at radius 2 is 2.16 bits per heavy atom. The fourth-order valence-electron chi connectivity index (χ4n) is 1.39. The molecule has 1 rings (SSSR count). The molecule has 0 aliphatic rings. The lowest BCUT2D eigenvalue weighted by molar-refractivity contribution is -0.384. The molecule has 0 radical (unpaired) electrons. The predicted octanol–water partition coefficient (Wildman–Crippen LogP) is -0.507. The smallest absolute Gasteiger partial charge is 0.293 e. The van der Waals surface area contributed by atoms with E-state index in [0.29, 0.717) is 0 Å². The largest absolute Gasteiger partial charge is 0.395 e. The number of likely N-dealkylation sites (N-methyl/N-ethyl adjacent to an activating group) is 1. The first-order valence-electron chi connectivity index (χ1n) is 5.17. The van der Waals surface area contributed by atoms with Gasteiger partial charge in [-0.15, -0.1) is 0 Å². The van der Waals surface area contributed by atoms with E-state index in [2.05, 4.69) is 5.43 Å². The number of aliphatic hydroxyl groups excluding tert-OH is 1. The van der Waals surface area contributed by atoms with Crippen LogP contribution in [-0.2, 0) is 10.0 Å². The number of hydrogen-bond acceptors (Lipinski definition) is 7. The molecule has 0 aliphatic heterocycles. The number of hydrogen-bond donors (Lipinski definition) is 3. The van der Waals surface area contributed by atoms with Gasteiger partial charge >= 0.3 is 0 Å². The lowest BCUT2D eigenvalue weighted by Crippen LogP contribution is -2.29. The Morgan fingerprint density at radius 1 is 1.53 bits per heavy atom. The third-order valence-corrected chi connectivity index (χ3v) is 4.30. The van der Waals surface area contributed by atoms with E-state index in [-0.39, 0.29) is 29.4 Å². The number of benzene rings is 1. The van der Waals surface area contributed by atoms with Crippen LogP contribution in [0.5, 0.6) is 0 Å². The molecule has 0 saturated heterocycles. The Labute approximate surface area is 109 Å². The van der Waals surface area contributed by atoms with Gasteiger partial charge in [-0.05, 0) is 12.1 Å². The van der Waals surface area contributed by atoms with Crippen LogP contribution < -0.4 is 11.3 Å². The van der Waals surface area contributed by atoms with Gasteiger partial charge < -0.3 is 10.5 Å². The molecule has 106 valence electrons. The fraction of sp³-hybridized carbons (Fsp3) is 0.333. The number of nitrogens with zero attached hydrogens (tertiary/aromatic N) is 2. The lowest BCUT2D eigenvalue weighted by Gasteiger charge is -2.16. The summed E-state index contributed by atoms with van der Waals surface area (Å²) in [6.07, 6.45) is 0. The highest BCUT2D eigenvalue weighted by molar-refractivity contribution is 7.89. The molecule has 0 aromatic heterocycles. The molecule has 0 unspecified atom stereocenters. The van der Waals surface area contributed by atoms with E-state index >= 15 is 0 Å². The number of hydrazine groups is 1. The third kappa shape index (κ3) is 3.17. The number of nitro benzene ring substituents is 1. The number of rotatable bonds is 6. The summed E-state index contributed by atoms with van der Waals surface area (Å²) in [5.41, 5.74) is 1.65. The quantitative estimate of drug-likeness (QED) is 0.364. The molecule has 0 fully saturated rings. The van der Waals surface area contributed by atoms with Crippen LogP contribution in [0.1, 0.15) is 0 Å². The van der Waals surface area contributed by atoms with Crippen LogP contribution in [0.3, 0.4) is 0 Å². The third-order valence-electron chi connectivity index (χ3n) is 2.44. The number of sulfonamides is 1. The van der Waals surface area contributed by atoms with Gasteiger partial charge in [0.15, 0.2) is 0 Å². The van der Waals surface area contributed by atoms with E-state index in [0.717, 1.165) is 22.5 Å². The minimum absolute atomic E-state index is 0.0787. The molecule has 0 aliphatic carbocycles. The van der Waals surface area contributed by atoms with Crippen molar-refractivity contribution in [3.05, 3.63) is 28.3 Å². The van der Waals surface area contributed by atoms with Crippen LogP contribution in [0.25, 0.3) is 0 Å². The number of anilines is 1. The molecule has 10 heteroatoms. The van der Waals surface area contributed by atoms with Gasteiger partial charge in [-0.3, -0.25) is 16.0 Å². The van der Waals surface area contributed by atoms with Crippen molar-refractivity contribution in [2.45, 2.75) is 4.90 Å². The Balaban J connectivity index is 3.26. The number of nitrogens with one attached hydrogen (secondary N) is 1. The molecule has 0 spiro atoms. The van der Waals surface area contributed by atoms with Crippen molar-refractivity contribution in [3.8, 4) is 0 Å². The molecule has 0 heterocycles. The number of nitro groups is 1. The van der Waals surface area contributed by atoms with E-state index in [1.807, 2.05) is 0 Å². The Hall–Kier alpha value is -1.75. The Bertz CT molecular complexity index is 574. The van der Waals surface area contributed by atoms with Gasteiger partial charge in [0.2, 0.25) is 10.0 Å². The maximum absolute atomic E-state index is 12.0. The van der Waals surface area contributed by atoms with E-state index in [9.17, 15) is 18.5 Å². The van der Waals surface area contributed by atoms with Crippen molar-refractivity contribution in [3.63, 3.8) is 0 Å². The summed E-state index contributed by atoms with van der Waals surface area (Å²) in [7, 11) is -2.53. The summed E-state index contributed by atoms with van der Waals surface area (Å²) in [4.78, 5) is 9.87. The summed E-state index contributed by atoms with van der Waals surface area (Å²) in [6.45, 7) is -0.407. The van der Waals surface area contributed by atoms with Gasteiger partial charge in [0.25, 0.3) is 5.69 Å². The highest BCUT2D eigenvalue weighted by atomic mass is 32.2. The molecular formula is C9H14N4O5S. The van der Waals surface area contributed by atoms with E-state index in [4.69, 9.17) is 10.9 Å². The predicted molar refractivity (Wildman–Crippen MR) is 67.8 cm³/mol. The average molecular weight is 290 g/mol. The second-order valence-corrected chi connectivity index (χ2v) is 5.68. The number of nitrogens with two attached hydrogens (primary N) is 1. The molecular weight excluding hydrogens is 276 g/mol. The second-order valence-electron chi connectivity index (χ2n) is 3.63. The molecule has 0 bridgehead atoms. The van der Waals surface area contributed by atoms with Crippen molar-refractivity contribution in [2.24, 2.45) is 5.84 Å². The average Bonchev–Trinajstić information content (AvgIpc) is 2.37. The summed E-state index contributed by atoms with van der Waals surface area (Å²) < 4.78 is 25.0. The molecule has 19 heavy (non-hydrogen) atoms. The zero-order valence-corrected chi connectivity index (χ0v) is 10.9. The van der Waals surface area contributed by atoms with Gasteiger partial charge in [0.1, 0.15) is 5.69 Å². The molecule has 0 amide bonds. The standard InChI is InChI=1S/C9H14N4O5S/c1-12(4-5-14)19(17,18)7-2-3-9(13(15)16)8(6-7)11-10/h2-3,6,11,14H,4-5,10H2,1H3. The fourth-order valence-corrected chi connectivity index (χ4v) is 2.58. The maximum Gasteiger partial charge on any atom is 0.293 e. The summed E-state index contributed by atoms with van der Waals surface area (Å²) >= 11 is 0. The summed E-state index contributed by atoms with van der Waals surface area (Å²) in [5, 5.41) is 19.4. The van der Waals surface area contributed by atoms with E-state index in [1.54, 1.807) is 0 Å². The molecule has 9 nitrogen and oxygen atoms in total. The van der Waals surface area contributed by atoms with Crippen LogP contribution in [0.4, 0.5) is 11.4 Å². The zero-order chi connectivity index (χ0) is 14.6. The minimum Gasteiger partial charge on any atom is -0.395 e. The first-order chi connectivity index (χ1) is 8.84. The highest BCUT2D eigenvalue weighted by Crippen LogP contribution is 2.27. The highest BCUT2D eigenvalue weighted by Gasteiger charge is 2.23. The monoisotopic (exact) mass is 290 g/mol. The van der Waals surface area contributed by atoms with Crippen LogP contribution in [0.2, 0.25) is 0 Å². The minimum atomic E-state index is -3.82. The lowest BCUT2D eigenvalue weighted by atomic mass is 10.3. The van der Waals surface area contributed by atoms with Crippen LogP contribution in [0, 0.1) is 10.1 Å². The van der Waals surface area contributed by atoms with Crippen LogP contribution >= 0.6 is 0 Å². The second kappa shape index (κ2) is 5.93. The van der Waals surface area contributed by atoms with E-state index < -0.39 is 14.9 Å². The normalized spacial score (nSPS) is 11.6. The molecule has 1 aromatic rings. The van der Waals surface area contributed by atoms with Crippen molar-refractivity contribution in [1.82, 2.24) is 4.31 Å². The van der Waals surface area contributed by atoms with E-state index in [1.165, 1.54) is 7.05 Å². The van der Waals surface area contributed by atoms with Gasteiger partial charge in [0.05, 0.1) is 16.4 Å². The molecule has 1 aromatic carbocycles. The topological polar surface area (TPSA) is 139 Å². The van der Waals surface area contributed by atoms with Gasteiger partial charge in [-0.1, -0.05) is 0 Å². The van der Waals surface area contributed by atoms with Crippen molar-refractivity contribution < 1.29 is 18.4 Å². The molecule has 0 saturated carbocycles. The van der Waals surface area contributed by atoms with Gasteiger partial charge in [-0.2, -0.15) is 4.31 Å². The van der Waals surface area contributed by atoms with Crippen molar-refractivity contribution in [2.75, 3.05) is 25.6 Å². The Morgan fingerprint density at radius 3 is 2.63 bits per heavy atom. The molecule has 0 atom stereocenters.